The number of carbonyl (C=O) groups excluding carboxylic acids is 1. The summed E-state index contributed by atoms with van der Waals surface area (Å²) in [4.78, 5) is 14.0. The number of amides is 1. The van der Waals surface area contributed by atoms with Crippen molar-refractivity contribution >= 4 is 6.09 Å². The van der Waals surface area contributed by atoms with Gasteiger partial charge in [-0.2, -0.15) is 13.2 Å². The third kappa shape index (κ3) is 3.76. The van der Waals surface area contributed by atoms with Crippen LogP contribution in [0.5, 0.6) is 0 Å². The molecule has 1 amide bonds. The number of aliphatic hydroxyl groups excluding tert-OH is 1. The van der Waals surface area contributed by atoms with E-state index in [0.717, 1.165) is 12.1 Å². The van der Waals surface area contributed by atoms with Crippen molar-refractivity contribution in [3.05, 3.63) is 35.4 Å². The SMILES string of the molecule is C[C@@H](c1ccc(C(F)(F)F)cc1)N1CCC2(CCC(O)CC2)OC1=O. The maximum Gasteiger partial charge on any atom is 0.416 e. The van der Waals surface area contributed by atoms with Crippen LogP contribution in [-0.2, 0) is 10.9 Å². The van der Waals surface area contributed by atoms with Crippen LogP contribution in [-0.4, -0.2) is 34.3 Å². The van der Waals surface area contributed by atoms with Crippen LogP contribution in [0.25, 0.3) is 0 Å². The van der Waals surface area contributed by atoms with Gasteiger partial charge in [0.2, 0.25) is 0 Å². The Hall–Kier alpha value is -1.76. The Morgan fingerprint density at radius 3 is 2.32 bits per heavy atom. The lowest BCUT2D eigenvalue weighted by atomic mass is 9.80. The molecule has 1 saturated heterocycles. The summed E-state index contributed by atoms with van der Waals surface area (Å²) in [6.07, 6.45) is -1.89. The maximum absolute atomic E-state index is 12.7. The quantitative estimate of drug-likeness (QED) is 0.859. The number of rotatable bonds is 2. The van der Waals surface area contributed by atoms with E-state index in [1.54, 1.807) is 11.8 Å². The molecule has 1 atom stereocenters. The zero-order chi connectivity index (χ0) is 18.2. The van der Waals surface area contributed by atoms with Gasteiger partial charge in [-0.1, -0.05) is 12.1 Å². The molecule has 1 spiro atoms. The Balaban J connectivity index is 1.67. The van der Waals surface area contributed by atoms with E-state index in [1.165, 1.54) is 12.1 Å². The fourth-order valence-corrected chi connectivity index (χ4v) is 3.67. The third-order valence-electron chi connectivity index (χ3n) is 5.40. The van der Waals surface area contributed by atoms with Crippen LogP contribution in [0.3, 0.4) is 0 Å². The van der Waals surface area contributed by atoms with Crippen LogP contribution in [0.1, 0.15) is 56.2 Å². The lowest BCUT2D eigenvalue weighted by Gasteiger charge is -2.45. The summed E-state index contributed by atoms with van der Waals surface area (Å²) < 4.78 is 43.7. The van der Waals surface area contributed by atoms with E-state index in [1.807, 2.05) is 0 Å². The van der Waals surface area contributed by atoms with Crippen LogP contribution in [0.2, 0.25) is 0 Å². The van der Waals surface area contributed by atoms with Crippen molar-refractivity contribution < 1.29 is 27.8 Å². The Bertz CT molecular complexity index is 621. The molecule has 1 aliphatic heterocycles. The van der Waals surface area contributed by atoms with Gasteiger partial charge in [0, 0.05) is 13.0 Å². The van der Waals surface area contributed by atoms with Crippen molar-refractivity contribution in [3.8, 4) is 0 Å². The molecule has 1 aliphatic carbocycles. The second kappa shape index (κ2) is 6.52. The van der Waals surface area contributed by atoms with E-state index >= 15 is 0 Å². The molecule has 4 nitrogen and oxygen atoms in total. The van der Waals surface area contributed by atoms with Gasteiger partial charge in [-0.25, -0.2) is 4.79 Å². The van der Waals surface area contributed by atoms with Gasteiger partial charge in [-0.3, -0.25) is 0 Å². The normalized spacial score (nSPS) is 28.8. The third-order valence-corrected chi connectivity index (χ3v) is 5.40. The summed E-state index contributed by atoms with van der Waals surface area (Å²) in [6.45, 7) is 2.28. The molecule has 2 fully saturated rings. The Morgan fingerprint density at radius 2 is 1.80 bits per heavy atom. The van der Waals surface area contributed by atoms with Crippen LogP contribution in [0, 0.1) is 0 Å². The van der Waals surface area contributed by atoms with Gasteiger partial charge in [0.05, 0.1) is 17.7 Å². The first kappa shape index (κ1) is 18.0. The predicted molar refractivity (Wildman–Crippen MR) is 84.9 cm³/mol. The summed E-state index contributed by atoms with van der Waals surface area (Å²) in [6, 6.07) is 4.52. The van der Waals surface area contributed by atoms with Gasteiger partial charge in [0.1, 0.15) is 5.60 Å². The minimum Gasteiger partial charge on any atom is -0.443 e. The van der Waals surface area contributed by atoms with Crippen LogP contribution in [0.4, 0.5) is 18.0 Å². The van der Waals surface area contributed by atoms with Gasteiger partial charge in [0.15, 0.2) is 0 Å². The number of hydrogen-bond donors (Lipinski definition) is 1. The van der Waals surface area contributed by atoms with Crippen LogP contribution in [0.15, 0.2) is 24.3 Å². The minimum absolute atomic E-state index is 0.326. The van der Waals surface area contributed by atoms with E-state index in [0.29, 0.717) is 44.2 Å². The zero-order valence-electron chi connectivity index (χ0n) is 14.1. The molecule has 1 aromatic carbocycles. The van der Waals surface area contributed by atoms with E-state index < -0.39 is 23.4 Å². The molecule has 3 rings (SSSR count). The summed E-state index contributed by atoms with van der Waals surface area (Å²) >= 11 is 0. The van der Waals surface area contributed by atoms with Crippen LogP contribution < -0.4 is 0 Å². The monoisotopic (exact) mass is 357 g/mol. The zero-order valence-corrected chi connectivity index (χ0v) is 14.1. The highest BCUT2D eigenvalue weighted by molar-refractivity contribution is 5.69. The first-order valence-electron chi connectivity index (χ1n) is 8.55. The van der Waals surface area contributed by atoms with Gasteiger partial charge in [-0.05, 0) is 50.3 Å². The average Bonchev–Trinajstić information content (AvgIpc) is 2.57. The summed E-state index contributed by atoms with van der Waals surface area (Å²) in [5.41, 5.74) is -0.559. The number of aliphatic hydroxyl groups is 1. The van der Waals surface area contributed by atoms with Crippen molar-refractivity contribution in [2.24, 2.45) is 0 Å². The molecule has 1 aromatic rings. The molecule has 7 heteroatoms. The second-order valence-electron chi connectivity index (χ2n) is 7.02. The van der Waals surface area contributed by atoms with Crippen molar-refractivity contribution in [2.75, 3.05) is 6.54 Å². The van der Waals surface area contributed by atoms with Crippen molar-refractivity contribution in [1.82, 2.24) is 4.90 Å². The number of carbonyl (C=O) groups is 1. The highest BCUT2D eigenvalue weighted by Gasteiger charge is 2.44. The molecule has 1 N–H and O–H groups in total. The van der Waals surface area contributed by atoms with Crippen LogP contribution >= 0.6 is 0 Å². The number of hydrogen-bond acceptors (Lipinski definition) is 3. The first-order valence-corrected chi connectivity index (χ1v) is 8.55. The number of halogens is 3. The highest BCUT2D eigenvalue weighted by Crippen LogP contribution is 2.40. The molecule has 25 heavy (non-hydrogen) atoms. The number of alkyl halides is 3. The Labute approximate surface area is 144 Å². The molecule has 0 aromatic heterocycles. The average molecular weight is 357 g/mol. The molecule has 138 valence electrons. The second-order valence-corrected chi connectivity index (χ2v) is 7.02. The predicted octanol–water partition coefficient (Wildman–Crippen LogP) is 4.28. The van der Waals surface area contributed by atoms with Crippen molar-refractivity contribution in [3.63, 3.8) is 0 Å². The molecule has 0 radical (unpaired) electrons. The smallest absolute Gasteiger partial charge is 0.416 e. The maximum atomic E-state index is 12.7. The van der Waals surface area contributed by atoms with Gasteiger partial charge in [0.25, 0.3) is 0 Å². The topological polar surface area (TPSA) is 49.8 Å². The number of ether oxygens (including phenoxy) is 1. The fourth-order valence-electron chi connectivity index (χ4n) is 3.67. The summed E-state index contributed by atoms with van der Waals surface area (Å²) in [7, 11) is 0. The molecular formula is C18H22F3NO3. The number of benzene rings is 1. The summed E-state index contributed by atoms with van der Waals surface area (Å²) in [5.74, 6) is 0. The Morgan fingerprint density at radius 1 is 1.20 bits per heavy atom. The molecule has 1 heterocycles. The van der Waals surface area contributed by atoms with Crippen molar-refractivity contribution in [2.45, 2.75) is 63.0 Å². The minimum atomic E-state index is -4.37. The van der Waals surface area contributed by atoms with E-state index in [9.17, 15) is 23.1 Å². The van der Waals surface area contributed by atoms with E-state index in [4.69, 9.17) is 4.74 Å². The summed E-state index contributed by atoms with van der Waals surface area (Å²) in [5, 5.41) is 9.63. The molecule has 1 saturated carbocycles. The molecule has 0 unspecified atom stereocenters. The van der Waals surface area contributed by atoms with E-state index in [2.05, 4.69) is 0 Å². The Kier molecular flexibility index (Phi) is 4.70. The van der Waals surface area contributed by atoms with E-state index in [-0.39, 0.29) is 12.1 Å². The first-order chi connectivity index (χ1) is 11.7. The fraction of sp³-hybridized carbons (Fsp3) is 0.611. The molecule has 0 bridgehead atoms. The standard InChI is InChI=1S/C18H22F3NO3/c1-12(13-2-4-14(5-3-13)18(19,20)21)22-11-10-17(25-16(22)24)8-6-15(23)7-9-17/h2-5,12,15,23H,6-11H2,1H3/t12-,15?,17?/m0/s1. The van der Waals surface area contributed by atoms with Gasteiger partial charge in [-0.15, -0.1) is 0 Å². The van der Waals surface area contributed by atoms with Gasteiger partial charge < -0.3 is 14.7 Å². The largest absolute Gasteiger partial charge is 0.443 e. The lowest BCUT2D eigenvalue weighted by molar-refractivity contribution is -0.137. The van der Waals surface area contributed by atoms with Gasteiger partial charge >= 0.3 is 12.3 Å². The molecule has 2 aliphatic rings. The molecular weight excluding hydrogens is 335 g/mol. The van der Waals surface area contributed by atoms with Crippen molar-refractivity contribution in [1.29, 1.82) is 0 Å². The highest BCUT2D eigenvalue weighted by atomic mass is 19.4. The lowest BCUT2D eigenvalue weighted by Crippen LogP contribution is -2.52. The number of nitrogens with zero attached hydrogens (tertiary/aromatic N) is 1.